The van der Waals surface area contributed by atoms with Crippen LogP contribution in [0.1, 0.15) is 37.6 Å². The maximum Gasteiger partial charge on any atom is 0.242 e. The smallest absolute Gasteiger partial charge is 0.242 e. The molecule has 0 bridgehead atoms. The molecule has 0 aliphatic carbocycles. The predicted molar refractivity (Wildman–Crippen MR) is 95.0 cm³/mol. The minimum Gasteiger partial charge on any atom is -0.497 e. The maximum atomic E-state index is 12.5. The number of rotatable bonds is 8. The summed E-state index contributed by atoms with van der Waals surface area (Å²) in [6.07, 6.45) is 0.624. The molecule has 136 valence electrons. The van der Waals surface area contributed by atoms with Crippen LogP contribution in [0.4, 0.5) is 5.82 Å². The molecule has 1 amide bonds. The molecule has 0 unspecified atom stereocenters. The number of nitrogens with zero attached hydrogens (tertiary/aromatic N) is 1. The van der Waals surface area contributed by atoms with E-state index in [1.165, 1.54) is 0 Å². The van der Waals surface area contributed by atoms with Crippen molar-refractivity contribution in [3.63, 3.8) is 0 Å². The van der Waals surface area contributed by atoms with E-state index >= 15 is 0 Å². The summed E-state index contributed by atoms with van der Waals surface area (Å²) in [7, 11) is 3.24. The number of amides is 1. The molecule has 2 atom stereocenters. The van der Waals surface area contributed by atoms with Crippen molar-refractivity contribution in [2.45, 2.75) is 39.3 Å². The average molecular weight is 347 g/mol. The fourth-order valence-corrected chi connectivity index (χ4v) is 2.59. The van der Waals surface area contributed by atoms with Crippen molar-refractivity contribution >= 4 is 11.7 Å². The van der Waals surface area contributed by atoms with Gasteiger partial charge in [-0.25, -0.2) is 0 Å². The molecule has 0 aliphatic rings. The number of methoxy groups -OCH3 is 2. The molecule has 1 heterocycles. The second kappa shape index (κ2) is 8.53. The molecule has 2 rings (SSSR count). The number of nitrogens with one attached hydrogen (secondary N) is 2. The second-order valence-corrected chi connectivity index (χ2v) is 5.77. The van der Waals surface area contributed by atoms with Gasteiger partial charge in [0.2, 0.25) is 5.91 Å². The van der Waals surface area contributed by atoms with Crippen molar-refractivity contribution < 1.29 is 18.8 Å². The summed E-state index contributed by atoms with van der Waals surface area (Å²) < 4.78 is 15.7. The molecule has 0 saturated carbocycles. The zero-order valence-electron chi connectivity index (χ0n) is 15.3. The van der Waals surface area contributed by atoms with Gasteiger partial charge in [-0.05, 0) is 38.5 Å². The van der Waals surface area contributed by atoms with Crippen LogP contribution < -0.4 is 20.1 Å². The fraction of sp³-hybridized carbons (Fsp3) is 0.444. The molecular formula is C18H25N3O4. The molecule has 1 aromatic carbocycles. The lowest BCUT2D eigenvalue weighted by molar-refractivity contribution is -0.118. The van der Waals surface area contributed by atoms with Crippen LogP contribution in [0.5, 0.6) is 11.5 Å². The normalized spacial score (nSPS) is 13.2. The van der Waals surface area contributed by atoms with Crippen LogP contribution in [-0.2, 0) is 4.79 Å². The number of aromatic nitrogens is 1. The van der Waals surface area contributed by atoms with Gasteiger partial charge in [0.15, 0.2) is 5.82 Å². The first kappa shape index (κ1) is 18.8. The number of aryl methyl sites for hydroxylation is 1. The third-order valence-corrected chi connectivity index (χ3v) is 3.96. The van der Waals surface area contributed by atoms with Crippen LogP contribution in [0.3, 0.4) is 0 Å². The zero-order chi connectivity index (χ0) is 18.4. The van der Waals surface area contributed by atoms with Crippen LogP contribution in [-0.4, -0.2) is 31.3 Å². The first-order valence-corrected chi connectivity index (χ1v) is 8.20. The van der Waals surface area contributed by atoms with Crippen LogP contribution in [0.2, 0.25) is 0 Å². The number of hydrogen-bond acceptors (Lipinski definition) is 6. The molecule has 25 heavy (non-hydrogen) atoms. The molecule has 7 nitrogen and oxygen atoms in total. The van der Waals surface area contributed by atoms with Gasteiger partial charge in [-0.1, -0.05) is 12.1 Å². The van der Waals surface area contributed by atoms with Gasteiger partial charge in [0.05, 0.1) is 20.3 Å². The van der Waals surface area contributed by atoms with Crippen molar-refractivity contribution in [3.8, 4) is 11.5 Å². The van der Waals surface area contributed by atoms with E-state index in [0.717, 1.165) is 17.1 Å². The van der Waals surface area contributed by atoms with Crippen molar-refractivity contribution in [1.82, 2.24) is 10.5 Å². The fourth-order valence-electron chi connectivity index (χ4n) is 2.59. The number of ether oxygens (including phenoxy) is 2. The Labute approximate surface area is 147 Å². The van der Waals surface area contributed by atoms with E-state index in [9.17, 15) is 4.79 Å². The summed E-state index contributed by atoms with van der Waals surface area (Å²) in [5.74, 6) is 2.37. The number of carbonyl (C=O) groups is 1. The predicted octanol–water partition coefficient (Wildman–Crippen LogP) is 3.07. The van der Waals surface area contributed by atoms with Gasteiger partial charge in [0.25, 0.3) is 0 Å². The monoisotopic (exact) mass is 347 g/mol. The lowest BCUT2D eigenvalue weighted by Crippen LogP contribution is -2.41. The Kier molecular flexibility index (Phi) is 6.41. The van der Waals surface area contributed by atoms with Gasteiger partial charge in [-0.15, -0.1) is 0 Å². The van der Waals surface area contributed by atoms with E-state index in [1.807, 2.05) is 32.0 Å². The minimum absolute atomic E-state index is 0.111. The molecule has 0 spiro atoms. The van der Waals surface area contributed by atoms with Crippen molar-refractivity contribution in [1.29, 1.82) is 0 Å². The van der Waals surface area contributed by atoms with Gasteiger partial charge in [0, 0.05) is 17.7 Å². The Morgan fingerprint density at radius 1 is 1.28 bits per heavy atom. The lowest BCUT2D eigenvalue weighted by atomic mass is 10.0. The highest BCUT2D eigenvalue weighted by atomic mass is 16.5. The van der Waals surface area contributed by atoms with E-state index in [4.69, 9.17) is 14.0 Å². The highest BCUT2D eigenvalue weighted by molar-refractivity contribution is 5.94. The molecular weight excluding hydrogens is 322 g/mol. The largest absolute Gasteiger partial charge is 0.497 e. The zero-order valence-corrected chi connectivity index (χ0v) is 15.3. The molecule has 0 aliphatic heterocycles. The number of carbonyl (C=O) groups excluding carboxylic acids is 1. The van der Waals surface area contributed by atoms with E-state index in [0.29, 0.717) is 18.0 Å². The van der Waals surface area contributed by atoms with Gasteiger partial charge >= 0.3 is 0 Å². The van der Waals surface area contributed by atoms with Crippen molar-refractivity contribution in [2.24, 2.45) is 0 Å². The molecule has 0 saturated heterocycles. The standard InChI is InChI=1S/C18H25N3O4/c1-6-15(18(22)20-17-9-11(2)25-21-17)19-12(3)14-10-13(23-4)7-8-16(14)24-5/h7-10,12,15,19H,6H2,1-5H3,(H,20,21,22)/t12-,15+/m0/s1. The third-order valence-electron chi connectivity index (χ3n) is 3.96. The van der Waals surface area contributed by atoms with Crippen molar-refractivity contribution in [2.75, 3.05) is 19.5 Å². The Balaban J connectivity index is 2.11. The van der Waals surface area contributed by atoms with E-state index in [1.54, 1.807) is 27.2 Å². The number of benzene rings is 1. The molecule has 0 radical (unpaired) electrons. The van der Waals surface area contributed by atoms with Gasteiger partial charge in [-0.3, -0.25) is 10.1 Å². The SMILES string of the molecule is CC[C@@H](N[C@@H](C)c1cc(OC)ccc1OC)C(=O)Nc1cc(C)on1. The molecule has 2 N–H and O–H groups in total. The Hall–Kier alpha value is -2.54. The lowest BCUT2D eigenvalue weighted by Gasteiger charge is -2.23. The number of hydrogen-bond donors (Lipinski definition) is 2. The van der Waals surface area contributed by atoms with Crippen LogP contribution in [0.25, 0.3) is 0 Å². The Bertz CT molecular complexity index is 714. The summed E-state index contributed by atoms with van der Waals surface area (Å²) in [5, 5.41) is 9.88. The summed E-state index contributed by atoms with van der Waals surface area (Å²) in [4.78, 5) is 12.5. The molecule has 7 heteroatoms. The Morgan fingerprint density at radius 2 is 2.04 bits per heavy atom. The summed E-state index contributed by atoms with van der Waals surface area (Å²) in [6, 6.07) is 6.78. The van der Waals surface area contributed by atoms with Crippen molar-refractivity contribution in [3.05, 3.63) is 35.6 Å². The van der Waals surface area contributed by atoms with Crippen LogP contribution >= 0.6 is 0 Å². The molecule has 1 aromatic heterocycles. The minimum atomic E-state index is -0.386. The van der Waals surface area contributed by atoms with Gasteiger partial charge in [0.1, 0.15) is 17.3 Å². The summed E-state index contributed by atoms with van der Waals surface area (Å²) in [6.45, 7) is 5.70. The van der Waals surface area contributed by atoms with Gasteiger partial charge in [-0.2, -0.15) is 0 Å². The molecule has 2 aromatic rings. The Morgan fingerprint density at radius 3 is 2.60 bits per heavy atom. The first-order chi connectivity index (χ1) is 12.0. The van der Waals surface area contributed by atoms with Gasteiger partial charge < -0.3 is 19.3 Å². The second-order valence-electron chi connectivity index (χ2n) is 5.77. The average Bonchev–Trinajstić information content (AvgIpc) is 3.03. The van der Waals surface area contributed by atoms with Crippen LogP contribution in [0.15, 0.2) is 28.8 Å². The van der Waals surface area contributed by atoms with E-state index in [2.05, 4.69) is 15.8 Å². The molecule has 0 fully saturated rings. The highest BCUT2D eigenvalue weighted by Crippen LogP contribution is 2.29. The number of anilines is 1. The van der Waals surface area contributed by atoms with E-state index < -0.39 is 0 Å². The quantitative estimate of drug-likeness (QED) is 0.763. The highest BCUT2D eigenvalue weighted by Gasteiger charge is 2.22. The van der Waals surface area contributed by atoms with E-state index in [-0.39, 0.29) is 18.0 Å². The maximum absolute atomic E-state index is 12.5. The van der Waals surface area contributed by atoms with Crippen LogP contribution in [0, 0.1) is 6.92 Å². The topological polar surface area (TPSA) is 85.6 Å². The third kappa shape index (κ3) is 4.73. The summed E-state index contributed by atoms with van der Waals surface area (Å²) >= 11 is 0. The summed E-state index contributed by atoms with van der Waals surface area (Å²) in [5.41, 5.74) is 0.922. The first-order valence-electron chi connectivity index (χ1n) is 8.20.